The third-order valence-corrected chi connectivity index (χ3v) is 5.50. The second-order valence-corrected chi connectivity index (χ2v) is 7.50. The van der Waals surface area contributed by atoms with E-state index in [1.807, 2.05) is 17.5 Å². The SMILES string of the molecule is O=C(O)Cc1ccc(S(=O)(=O)CCc2cccs2)cc1. The maximum Gasteiger partial charge on any atom is 0.307 e. The average molecular weight is 310 g/mol. The van der Waals surface area contributed by atoms with E-state index >= 15 is 0 Å². The number of aliphatic carboxylic acids is 1. The van der Waals surface area contributed by atoms with Gasteiger partial charge in [-0.15, -0.1) is 11.3 Å². The summed E-state index contributed by atoms with van der Waals surface area (Å²) < 4.78 is 24.3. The lowest BCUT2D eigenvalue weighted by Crippen LogP contribution is -2.09. The van der Waals surface area contributed by atoms with Crippen LogP contribution in [-0.4, -0.2) is 25.2 Å². The smallest absolute Gasteiger partial charge is 0.307 e. The Bertz CT molecular complexity index is 670. The van der Waals surface area contributed by atoms with Gasteiger partial charge < -0.3 is 5.11 Å². The van der Waals surface area contributed by atoms with Crippen molar-refractivity contribution in [3.63, 3.8) is 0 Å². The summed E-state index contributed by atoms with van der Waals surface area (Å²) in [5.74, 6) is -0.871. The molecule has 2 rings (SSSR count). The van der Waals surface area contributed by atoms with Gasteiger partial charge in [-0.05, 0) is 35.6 Å². The molecule has 0 aliphatic rings. The van der Waals surface area contributed by atoms with Crippen LogP contribution in [0.1, 0.15) is 10.4 Å². The number of carbonyl (C=O) groups is 1. The molecule has 0 aliphatic carbocycles. The number of rotatable bonds is 6. The zero-order valence-electron chi connectivity index (χ0n) is 10.7. The molecule has 4 nitrogen and oxygen atoms in total. The van der Waals surface area contributed by atoms with Crippen molar-refractivity contribution < 1.29 is 18.3 Å². The second kappa shape index (κ2) is 6.19. The van der Waals surface area contributed by atoms with Crippen molar-refractivity contribution >= 4 is 27.1 Å². The Labute approximate surface area is 121 Å². The Hall–Kier alpha value is -1.66. The highest BCUT2D eigenvalue weighted by atomic mass is 32.2. The Kier molecular flexibility index (Phi) is 4.57. The second-order valence-electron chi connectivity index (χ2n) is 4.36. The van der Waals surface area contributed by atoms with Gasteiger partial charge in [-0.3, -0.25) is 4.79 Å². The highest BCUT2D eigenvalue weighted by Crippen LogP contribution is 2.16. The topological polar surface area (TPSA) is 71.4 Å². The van der Waals surface area contributed by atoms with E-state index < -0.39 is 15.8 Å². The van der Waals surface area contributed by atoms with Crippen LogP contribution >= 0.6 is 11.3 Å². The molecule has 106 valence electrons. The molecule has 1 aromatic carbocycles. The normalized spacial score (nSPS) is 11.4. The summed E-state index contributed by atoms with van der Waals surface area (Å²) in [6.07, 6.45) is 0.395. The van der Waals surface area contributed by atoms with Crippen molar-refractivity contribution in [2.45, 2.75) is 17.7 Å². The molecule has 1 heterocycles. The lowest BCUT2D eigenvalue weighted by molar-refractivity contribution is -0.136. The van der Waals surface area contributed by atoms with E-state index in [0.717, 1.165) is 4.88 Å². The molecule has 2 aromatic rings. The Morgan fingerprint density at radius 2 is 1.85 bits per heavy atom. The van der Waals surface area contributed by atoms with Crippen molar-refractivity contribution in [3.8, 4) is 0 Å². The van der Waals surface area contributed by atoms with Gasteiger partial charge in [0.25, 0.3) is 0 Å². The fourth-order valence-electron chi connectivity index (χ4n) is 1.80. The van der Waals surface area contributed by atoms with E-state index in [9.17, 15) is 13.2 Å². The van der Waals surface area contributed by atoms with E-state index in [2.05, 4.69) is 0 Å². The zero-order chi connectivity index (χ0) is 14.6. The molecule has 6 heteroatoms. The summed E-state index contributed by atoms with van der Waals surface area (Å²) in [5.41, 5.74) is 0.592. The third-order valence-electron chi connectivity index (χ3n) is 2.84. The van der Waals surface area contributed by atoms with Crippen LogP contribution in [0.2, 0.25) is 0 Å². The molecule has 0 aliphatic heterocycles. The molecular weight excluding hydrogens is 296 g/mol. The molecule has 1 N–H and O–H groups in total. The maximum atomic E-state index is 12.1. The highest BCUT2D eigenvalue weighted by Gasteiger charge is 2.15. The monoisotopic (exact) mass is 310 g/mol. The van der Waals surface area contributed by atoms with Crippen LogP contribution in [0.5, 0.6) is 0 Å². The molecule has 0 bridgehead atoms. The van der Waals surface area contributed by atoms with Gasteiger partial charge >= 0.3 is 5.97 Å². The highest BCUT2D eigenvalue weighted by molar-refractivity contribution is 7.91. The van der Waals surface area contributed by atoms with E-state index in [0.29, 0.717) is 12.0 Å². The molecule has 0 fully saturated rings. The Morgan fingerprint density at radius 3 is 2.40 bits per heavy atom. The van der Waals surface area contributed by atoms with Crippen LogP contribution in [0.15, 0.2) is 46.7 Å². The van der Waals surface area contributed by atoms with Crippen molar-refractivity contribution in [2.24, 2.45) is 0 Å². The Balaban J connectivity index is 2.07. The summed E-state index contributed by atoms with van der Waals surface area (Å²) in [6.45, 7) is 0. The molecule has 0 saturated heterocycles. The molecule has 0 unspecified atom stereocenters. The van der Waals surface area contributed by atoms with Gasteiger partial charge in [0.1, 0.15) is 0 Å². The van der Waals surface area contributed by atoms with Crippen molar-refractivity contribution in [1.82, 2.24) is 0 Å². The Morgan fingerprint density at radius 1 is 1.15 bits per heavy atom. The number of carboxylic acids is 1. The van der Waals surface area contributed by atoms with Crippen LogP contribution in [0.3, 0.4) is 0 Å². The molecule has 0 amide bonds. The summed E-state index contributed by atoms with van der Waals surface area (Å²) in [4.78, 5) is 11.8. The summed E-state index contributed by atoms with van der Waals surface area (Å²) in [7, 11) is -3.32. The molecule has 20 heavy (non-hydrogen) atoms. The first-order valence-electron chi connectivity index (χ1n) is 6.03. The molecule has 0 saturated carbocycles. The van der Waals surface area contributed by atoms with E-state index in [1.54, 1.807) is 12.1 Å². The lowest BCUT2D eigenvalue weighted by Gasteiger charge is -2.04. The van der Waals surface area contributed by atoms with Gasteiger partial charge in [0.2, 0.25) is 0 Å². The molecule has 1 aromatic heterocycles. The minimum Gasteiger partial charge on any atom is -0.481 e. The average Bonchev–Trinajstić information content (AvgIpc) is 2.89. The first-order valence-corrected chi connectivity index (χ1v) is 8.56. The van der Waals surface area contributed by atoms with E-state index in [1.165, 1.54) is 23.5 Å². The van der Waals surface area contributed by atoms with Gasteiger partial charge in [0, 0.05) is 4.88 Å². The number of carboxylic acid groups (broad SMARTS) is 1. The van der Waals surface area contributed by atoms with Crippen LogP contribution in [0.25, 0.3) is 0 Å². The predicted molar refractivity (Wildman–Crippen MR) is 77.9 cm³/mol. The minimum absolute atomic E-state index is 0.0613. The number of benzene rings is 1. The quantitative estimate of drug-likeness (QED) is 0.889. The number of thiophene rings is 1. The van der Waals surface area contributed by atoms with Gasteiger partial charge in [-0.25, -0.2) is 8.42 Å². The molecule has 0 spiro atoms. The first-order chi connectivity index (χ1) is 9.47. The van der Waals surface area contributed by atoms with Crippen molar-refractivity contribution in [2.75, 3.05) is 5.75 Å². The van der Waals surface area contributed by atoms with E-state index in [-0.39, 0.29) is 17.1 Å². The van der Waals surface area contributed by atoms with Crippen LogP contribution < -0.4 is 0 Å². The van der Waals surface area contributed by atoms with Crippen LogP contribution in [0, 0.1) is 0 Å². The largest absolute Gasteiger partial charge is 0.481 e. The van der Waals surface area contributed by atoms with Crippen molar-refractivity contribution in [3.05, 3.63) is 52.2 Å². The van der Waals surface area contributed by atoms with Gasteiger partial charge in [-0.2, -0.15) is 0 Å². The summed E-state index contributed by atoms with van der Waals surface area (Å²) >= 11 is 1.54. The lowest BCUT2D eigenvalue weighted by atomic mass is 10.2. The van der Waals surface area contributed by atoms with Gasteiger partial charge in [0.05, 0.1) is 17.1 Å². The van der Waals surface area contributed by atoms with Gasteiger partial charge in [0.15, 0.2) is 9.84 Å². The molecule has 0 radical (unpaired) electrons. The van der Waals surface area contributed by atoms with E-state index in [4.69, 9.17) is 5.11 Å². The fraction of sp³-hybridized carbons (Fsp3) is 0.214. The summed E-state index contributed by atoms with van der Waals surface area (Å²) in [6, 6.07) is 9.85. The minimum atomic E-state index is -3.32. The number of hydrogen-bond acceptors (Lipinski definition) is 4. The van der Waals surface area contributed by atoms with Crippen LogP contribution in [-0.2, 0) is 27.5 Å². The first kappa shape index (κ1) is 14.7. The number of aryl methyl sites for hydroxylation is 1. The van der Waals surface area contributed by atoms with Crippen molar-refractivity contribution in [1.29, 1.82) is 0 Å². The zero-order valence-corrected chi connectivity index (χ0v) is 12.3. The van der Waals surface area contributed by atoms with Gasteiger partial charge in [-0.1, -0.05) is 18.2 Å². The number of hydrogen-bond donors (Lipinski definition) is 1. The maximum absolute atomic E-state index is 12.1. The standard InChI is InChI=1S/C14H14O4S2/c15-14(16)10-11-3-5-13(6-4-11)20(17,18)9-7-12-2-1-8-19-12/h1-6,8H,7,9-10H2,(H,15,16). The summed E-state index contributed by atoms with van der Waals surface area (Å²) in [5, 5.41) is 10.6. The molecular formula is C14H14O4S2. The van der Waals surface area contributed by atoms with Crippen LogP contribution in [0.4, 0.5) is 0 Å². The predicted octanol–water partition coefficient (Wildman–Crippen LogP) is 2.39. The number of sulfone groups is 1. The third kappa shape index (κ3) is 3.91. The molecule has 0 atom stereocenters. The fourth-order valence-corrected chi connectivity index (χ4v) is 3.91.